The summed E-state index contributed by atoms with van der Waals surface area (Å²) in [5.74, 6) is -1.15. The number of carbonyl (C=O) groups excluding carboxylic acids is 2. The van der Waals surface area contributed by atoms with E-state index in [-0.39, 0.29) is 23.8 Å². The van der Waals surface area contributed by atoms with Gasteiger partial charge in [0.2, 0.25) is 11.6 Å². The van der Waals surface area contributed by atoms with E-state index in [1.165, 1.54) is 0 Å². The fraction of sp³-hybridized carbons (Fsp3) is 0.250. The van der Waals surface area contributed by atoms with Crippen LogP contribution in [0.15, 0.2) is 34.7 Å². The minimum absolute atomic E-state index is 0.0378. The van der Waals surface area contributed by atoms with Crippen LogP contribution in [0.5, 0.6) is 0 Å². The Labute approximate surface area is 128 Å². The maximum atomic E-state index is 12.3. The molecule has 1 aromatic heterocycles. The average molecular weight is 302 g/mol. The number of carbonyl (C=O) groups is 2. The minimum atomic E-state index is -0.631. The molecule has 3 N–H and O–H groups in total. The fourth-order valence-corrected chi connectivity index (χ4v) is 2.08. The number of rotatable bonds is 5. The van der Waals surface area contributed by atoms with Crippen LogP contribution < -0.4 is 11.1 Å². The van der Waals surface area contributed by atoms with Gasteiger partial charge in [0.25, 0.3) is 5.91 Å². The Hall–Kier alpha value is -2.76. The van der Waals surface area contributed by atoms with E-state index in [0.29, 0.717) is 12.1 Å². The molecule has 0 saturated heterocycles. The van der Waals surface area contributed by atoms with E-state index >= 15 is 0 Å². The molecule has 0 spiro atoms. The molecule has 0 atom stereocenters. The molecule has 0 aliphatic carbocycles. The van der Waals surface area contributed by atoms with Crippen LogP contribution >= 0.6 is 0 Å². The molecule has 1 aromatic carbocycles. The van der Waals surface area contributed by atoms with Crippen molar-refractivity contribution in [3.63, 3.8) is 0 Å². The molecular weight excluding hydrogens is 284 g/mol. The summed E-state index contributed by atoms with van der Waals surface area (Å²) in [7, 11) is 0. The Morgan fingerprint density at radius 2 is 1.95 bits per heavy atom. The van der Waals surface area contributed by atoms with E-state index in [4.69, 9.17) is 14.9 Å². The van der Waals surface area contributed by atoms with Crippen LogP contribution in [-0.2, 0) is 11.3 Å². The first-order valence-corrected chi connectivity index (χ1v) is 6.92. The molecule has 0 bridgehead atoms. The number of amides is 1. The fourth-order valence-electron chi connectivity index (χ4n) is 2.08. The number of nitrogens with one attached hydrogen (secondary N) is 1. The minimum Gasteiger partial charge on any atom is -0.460 e. The topological polar surface area (TPSA) is 94.6 Å². The monoisotopic (exact) mass is 302 g/mol. The molecule has 0 unspecified atom stereocenters. The summed E-state index contributed by atoms with van der Waals surface area (Å²) in [6.07, 6.45) is 0. The van der Waals surface area contributed by atoms with Gasteiger partial charge in [-0.25, -0.2) is 4.79 Å². The number of hydrogen-bond acceptors (Lipinski definition) is 5. The number of benzene rings is 1. The van der Waals surface area contributed by atoms with Crippen LogP contribution in [-0.4, -0.2) is 18.5 Å². The van der Waals surface area contributed by atoms with Crippen LogP contribution in [0.4, 0.5) is 5.88 Å². The average Bonchev–Trinajstić information content (AvgIpc) is 2.81. The van der Waals surface area contributed by atoms with Crippen LogP contribution in [0.25, 0.3) is 0 Å². The zero-order valence-corrected chi connectivity index (χ0v) is 12.5. The molecule has 1 heterocycles. The Bertz CT molecular complexity index is 677. The standard InChI is InChI=1S/C16H18N2O4/c1-3-21-16(20)13-10(2)12(14(17)22-13)15(19)18-9-11-7-5-4-6-8-11/h4-8H,3,9,17H2,1-2H3,(H,18,19). The third-order valence-corrected chi connectivity index (χ3v) is 3.16. The molecule has 0 radical (unpaired) electrons. The highest BCUT2D eigenvalue weighted by atomic mass is 16.5. The van der Waals surface area contributed by atoms with Gasteiger partial charge < -0.3 is 20.2 Å². The first-order valence-electron chi connectivity index (χ1n) is 6.92. The predicted molar refractivity (Wildman–Crippen MR) is 81.4 cm³/mol. The molecule has 2 rings (SSSR count). The summed E-state index contributed by atoms with van der Waals surface area (Å²) < 4.78 is 10.0. The number of nitrogens with two attached hydrogens (primary N) is 1. The van der Waals surface area contributed by atoms with E-state index in [1.54, 1.807) is 13.8 Å². The summed E-state index contributed by atoms with van der Waals surface area (Å²) in [5, 5.41) is 2.75. The van der Waals surface area contributed by atoms with E-state index < -0.39 is 11.9 Å². The Morgan fingerprint density at radius 1 is 1.27 bits per heavy atom. The van der Waals surface area contributed by atoms with Gasteiger partial charge in [0.05, 0.1) is 6.61 Å². The number of ether oxygens (including phenoxy) is 1. The lowest BCUT2D eigenvalue weighted by molar-refractivity contribution is 0.0490. The van der Waals surface area contributed by atoms with Gasteiger partial charge in [-0.15, -0.1) is 0 Å². The number of hydrogen-bond donors (Lipinski definition) is 2. The first kappa shape index (κ1) is 15.6. The lowest BCUT2D eigenvalue weighted by Gasteiger charge is -2.05. The third kappa shape index (κ3) is 3.28. The molecular formula is C16H18N2O4. The zero-order chi connectivity index (χ0) is 16.1. The maximum Gasteiger partial charge on any atom is 0.374 e. The number of esters is 1. The quantitative estimate of drug-likeness (QED) is 0.826. The second kappa shape index (κ2) is 6.80. The molecule has 0 saturated carbocycles. The van der Waals surface area contributed by atoms with E-state index in [9.17, 15) is 9.59 Å². The maximum absolute atomic E-state index is 12.3. The number of furan rings is 1. The lowest BCUT2D eigenvalue weighted by atomic mass is 10.1. The van der Waals surface area contributed by atoms with E-state index in [0.717, 1.165) is 5.56 Å². The predicted octanol–water partition coefficient (Wildman–Crippen LogP) is 2.28. The highest BCUT2D eigenvalue weighted by Gasteiger charge is 2.25. The van der Waals surface area contributed by atoms with Crippen molar-refractivity contribution in [2.75, 3.05) is 12.3 Å². The molecule has 116 valence electrons. The van der Waals surface area contributed by atoms with Crippen molar-refractivity contribution in [3.05, 3.63) is 52.8 Å². The second-order valence-corrected chi connectivity index (χ2v) is 4.68. The van der Waals surface area contributed by atoms with Crippen molar-refractivity contribution < 1.29 is 18.7 Å². The Kier molecular flexibility index (Phi) is 4.83. The van der Waals surface area contributed by atoms with Crippen LogP contribution in [0.1, 0.15) is 39.0 Å². The smallest absolute Gasteiger partial charge is 0.374 e. The van der Waals surface area contributed by atoms with Gasteiger partial charge in [-0.3, -0.25) is 4.79 Å². The van der Waals surface area contributed by atoms with Gasteiger partial charge in [0.15, 0.2) is 0 Å². The largest absolute Gasteiger partial charge is 0.460 e. The van der Waals surface area contributed by atoms with Crippen molar-refractivity contribution in [3.8, 4) is 0 Å². The number of nitrogen functional groups attached to an aromatic ring is 1. The van der Waals surface area contributed by atoms with Crippen LogP contribution in [0.3, 0.4) is 0 Å². The van der Waals surface area contributed by atoms with Crippen LogP contribution in [0.2, 0.25) is 0 Å². The molecule has 6 heteroatoms. The van der Waals surface area contributed by atoms with Gasteiger partial charge in [0.1, 0.15) is 5.56 Å². The molecule has 0 aliphatic heterocycles. The van der Waals surface area contributed by atoms with Crippen molar-refractivity contribution in [1.29, 1.82) is 0 Å². The van der Waals surface area contributed by atoms with Gasteiger partial charge in [-0.2, -0.15) is 0 Å². The van der Waals surface area contributed by atoms with E-state index in [1.807, 2.05) is 30.3 Å². The van der Waals surface area contributed by atoms with Crippen molar-refractivity contribution in [1.82, 2.24) is 5.32 Å². The summed E-state index contributed by atoms with van der Waals surface area (Å²) in [6, 6.07) is 9.47. The molecule has 2 aromatic rings. The Morgan fingerprint density at radius 3 is 2.59 bits per heavy atom. The van der Waals surface area contributed by atoms with Gasteiger partial charge in [0, 0.05) is 12.1 Å². The number of anilines is 1. The highest BCUT2D eigenvalue weighted by molar-refractivity contribution is 6.03. The normalized spacial score (nSPS) is 10.3. The first-order chi connectivity index (χ1) is 10.5. The summed E-state index contributed by atoms with van der Waals surface area (Å²) in [6.45, 7) is 3.86. The third-order valence-electron chi connectivity index (χ3n) is 3.16. The highest BCUT2D eigenvalue weighted by Crippen LogP contribution is 2.25. The van der Waals surface area contributed by atoms with Crippen molar-refractivity contribution >= 4 is 17.8 Å². The van der Waals surface area contributed by atoms with Crippen molar-refractivity contribution in [2.45, 2.75) is 20.4 Å². The molecule has 6 nitrogen and oxygen atoms in total. The summed E-state index contributed by atoms with van der Waals surface area (Å²) in [5.41, 5.74) is 7.21. The van der Waals surface area contributed by atoms with Gasteiger partial charge in [-0.1, -0.05) is 30.3 Å². The SMILES string of the molecule is CCOC(=O)c1oc(N)c(C(=O)NCc2ccccc2)c1C. The summed E-state index contributed by atoms with van der Waals surface area (Å²) in [4.78, 5) is 24.0. The zero-order valence-electron chi connectivity index (χ0n) is 12.5. The molecule has 0 aliphatic rings. The van der Waals surface area contributed by atoms with Crippen molar-refractivity contribution in [2.24, 2.45) is 0 Å². The van der Waals surface area contributed by atoms with E-state index in [2.05, 4.69) is 5.32 Å². The molecule has 22 heavy (non-hydrogen) atoms. The summed E-state index contributed by atoms with van der Waals surface area (Å²) >= 11 is 0. The van der Waals surface area contributed by atoms with Gasteiger partial charge >= 0.3 is 5.97 Å². The van der Waals surface area contributed by atoms with Crippen LogP contribution in [0, 0.1) is 6.92 Å². The molecule has 0 fully saturated rings. The Balaban J connectivity index is 2.14. The second-order valence-electron chi connectivity index (χ2n) is 4.68. The van der Waals surface area contributed by atoms with Gasteiger partial charge in [-0.05, 0) is 19.4 Å². The lowest BCUT2D eigenvalue weighted by Crippen LogP contribution is -2.24. The molecule has 1 amide bonds.